The molecule has 5 heteroatoms. The van der Waals surface area contributed by atoms with Crippen LogP contribution in [0.5, 0.6) is 5.75 Å². The molecule has 0 saturated carbocycles. The van der Waals surface area contributed by atoms with Crippen LogP contribution in [0, 0.1) is 6.92 Å². The molecule has 0 fully saturated rings. The van der Waals surface area contributed by atoms with Gasteiger partial charge in [-0.05, 0) is 31.0 Å². The van der Waals surface area contributed by atoms with Crippen LogP contribution in [-0.4, -0.2) is 42.3 Å². The quantitative estimate of drug-likeness (QED) is 0.679. The molecule has 0 spiro atoms. The predicted molar refractivity (Wildman–Crippen MR) is 81.8 cm³/mol. The summed E-state index contributed by atoms with van der Waals surface area (Å²) in [7, 11) is 3.22. The second-order valence-corrected chi connectivity index (χ2v) is 5.13. The minimum absolute atomic E-state index is 0.389. The Bertz CT molecular complexity index is 688. The molecular weight excluding hydrogens is 268 g/mol. The molecule has 1 aromatic carbocycles. The normalized spacial score (nSPS) is 10.7. The SMILES string of the molecule is CCCN(C)C(=O)C(=O)c1c[nH]c2c(C)cc(OC)cc12. The van der Waals surface area contributed by atoms with Crippen LogP contribution in [0.1, 0.15) is 29.3 Å². The zero-order valence-electron chi connectivity index (χ0n) is 12.8. The van der Waals surface area contributed by atoms with Gasteiger partial charge in [-0.3, -0.25) is 9.59 Å². The van der Waals surface area contributed by atoms with Crippen molar-refractivity contribution in [3.63, 3.8) is 0 Å². The number of hydrogen-bond donors (Lipinski definition) is 1. The van der Waals surface area contributed by atoms with Gasteiger partial charge >= 0.3 is 0 Å². The highest BCUT2D eigenvalue weighted by molar-refractivity contribution is 6.44. The zero-order chi connectivity index (χ0) is 15.6. The average molecular weight is 288 g/mol. The molecule has 1 N–H and O–H groups in total. The van der Waals surface area contributed by atoms with Crippen molar-refractivity contribution in [1.82, 2.24) is 9.88 Å². The topological polar surface area (TPSA) is 62.4 Å². The zero-order valence-corrected chi connectivity index (χ0v) is 12.8. The van der Waals surface area contributed by atoms with Crippen LogP contribution in [0.25, 0.3) is 10.9 Å². The summed E-state index contributed by atoms with van der Waals surface area (Å²) in [5.41, 5.74) is 2.21. The second kappa shape index (κ2) is 5.99. The first-order valence-electron chi connectivity index (χ1n) is 6.95. The van der Waals surface area contributed by atoms with Crippen molar-refractivity contribution >= 4 is 22.6 Å². The second-order valence-electron chi connectivity index (χ2n) is 5.13. The van der Waals surface area contributed by atoms with Gasteiger partial charge in [-0.25, -0.2) is 0 Å². The van der Waals surface area contributed by atoms with E-state index < -0.39 is 11.7 Å². The highest BCUT2D eigenvalue weighted by Gasteiger charge is 2.23. The van der Waals surface area contributed by atoms with E-state index in [1.165, 1.54) is 4.90 Å². The monoisotopic (exact) mass is 288 g/mol. The number of hydrogen-bond acceptors (Lipinski definition) is 3. The lowest BCUT2D eigenvalue weighted by Crippen LogP contribution is -2.33. The van der Waals surface area contributed by atoms with Gasteiger partial charge in [-0.2, -0.15) is 0 Å². The van der Waals surface area contributed by atoms with E-state index in [1.54, 1.807) is 26.4 Å². The number of likely N-dealkylation sites (N-methyl/N-ethyl adjacent to an activating group) is 1. The van der Waals surface area contributed by atoms with Gasteiger partial charge in [0.1, 0.15) is 5.75 Å². The summed E-state index contributed by atoms with van der Waals surface area (Å²) in [6.45, 7) is 4.46. The van der Waals surface area contributed by atoms with Gasteiger partial charge in [0.2, 0.25) is 0 Å². The number of ether oxygens (including phenoxy) is 1. The third-order valence-electron chi connectivity index (χ3n) is 3.54. The molecule has 112 valence electrons. The Morgan fingerprint density at radius 2 is 2.05 bits per heavy atom. The van der Waals surface area contributed by atoms with Gasteiger partial charge in [0.05, 0.1) is 12.7 Å². The Morgan fingerprint density at radius 3 is 2.67 bits per heavy atom. The third-order valence-corrected chi connectivity index (χ3v) is 3.54. The Labute approximate surface area is 123 Å². The first-order valence-corrected chi connectivity index (χ1v) is 6.95. The number of aromatic amines is 1. The molecule has 0 aliphatic heterocycles. The van der Waals surface area contributed by atoms with E-state index in [9.17, 15) is 9.59 Å². The number of H-pyrrole nitrogens is 1. The molecule has 1 amide bonds. The van der Waals surface area contributed by atoms with E-state index in [-0.39, 0.29) is 0 Å². The molecule has 2 aromatic rings. The summed E-state index contributed by atoms with van der Waals surface area (Å²) < 4.78 is 5.23. The maximum atomic E-state index is 12.4. The predicted octanol–water partition coefficient (Wildman–Crippen LogP) is 2.54. The van der Waals surface area contributed by atoms with Gasteiger partial charge in [0, 0.05) is 30.7 Å². The van der Waals surface area contributed by atoms with Crippen LogP contribution in [-0.2, 0) is 4.79 Å². The number of fused-ring (bicyclic) bond motifs is 1. The molecule has 0 aliphatic carbocycles. The minimum Gasteiger partial charge on any atom is -0.497 e. The summed E-state index contributed by atoms with van der Waals surface area (Å²) in [4.78, 5) is 29.1. The Kier molecular flexibility index (Phi) is 4.31. The van der Waals surface area contributed by atoms with E-state index >= 15 is 0 Å². The first-order chi connectivity index (χ1) is 9.99. The van der Waals surface area contributed by atoms with E-state index in [4.69, 9.17) is 4.74 Å². The van der Waals surface area contributed by atoms with E-state index in [1.807, 2.05) is 19.9 Å². The molecule has 0 radical (unpaired) electrons. The van der Waals surface area contributed by atoms with Gasteiger partial charge in [0.15, 0.2) is 0 Å². The molecule has 21 heavy (non-hydrogen) atoms. The first kappa shape index (κ1) is 15.1. The molecule has 1 aromatic heterocycles. The van der Waals surface area contributed by atoms with Crippen LogP contribution in [0.4, 0.5) is 0 Å². The molecule has 1 heterocycles. The highest BCUT2D eigenvalue weighted by atomic mass is 16.5. The van der Waals surface area contributed by atoms with E-state index in [0.717, 1.165) is 22.9 Å². The molecule has 0 unspecified atom stereocenters. The summed E-state index contributed by atoms with van der Waals surface area (Å²) in [6, 6.07) is 3.66. The molecule has 5 nitrogen and oxygen atoms in total. The fourth-order valence-electron chi connectivity index (χ4n) is 2.41. The lowest BCUT2D eigenvalue weighted by molar-refractivity contribution is -0.125. The molecule has 0 aliphatic rings. The van der Waals surface area contributed by atoms with E-state index in [0.29, 0.717) is 17.9 Å². The number of nitrogens with zero attached hydrogens (tertiary/aromatic N) is 1. The number of Topliss-reactive ketones (excluding diaryl/α,β-unsaturated/α-hetero) is 1. The molecule has 0 bridgehead atoms. The van der Waals surface area contributed by atoms with Crippen LogP contribution >= 0.6 is 0 Å². The summed E-state index contributed by atoms with van der Waals surface area (Å²) in [5.74, 6) is -0.314. The van der Waals surface area contributed by atoms with Gasteiger partial charge < -0.3 is 14.6 Å². The van der Waals surface area contributed by atoms with Crippen molar-refractivity contribution in [3.8, 4) is 5.75 Å². The van der Waals surface area contributed by atoms with Crippen LogP contribution in [0.3, 0.4) is 0 Å². The fraction of sp³-hybridized carbons (Fsp3) is 0.375. The summed E-state index contributed by atoms with van der Waals surface area (Å²) in [6.07, 6.45) is 2.41. The lowest BCUT2D eigenvalue weighted by Gasteiger charge is -2.14. The number of benzene rings is 1. The van der Waals surface area contributed by atoms with Crippen molar-refractivity contribution in [1.29, 1.82) is 0 Å². The maximum Gasteiger partial charge on any atom is 0.294 e. The van der Waals surface area contributed by atoms with Crippen LogP contribution in [0.15, 0.2) is 18.3 Å². The number of methoxy groups -OCH3 is 1. The van der Waals surface area contributed by atoms with Crippen molar-refractivity contribution < 1.29 is 14.3 Å². The molecule has 0 atom stereocenters. The number of aromatic nitrogens is 1. The van der Waals surface area contributed by atoms with Crippen molar-refractivity contribution in [2.75, 3.05) is 20.7 Å². The molecular formula is C16H20N2O3. The largest absolute Gasteiger partial charge is 0.497 e. The van der Waals surface area contributed by atoms with Crippen molar-refractivity contribution in [2.24, 2.45) is 0 Å². The Hall–Kier alpha value is -2.30. The number of ketones is 1. The number of rotatable bonds is 5. The lowest BCUT2D eigenvalue weighted by atomic mass is 10.1. The number of amides is 1. The summed E-state index contributed by atoms with van der Waals surface area (Å²) >= 11 is 0. The van der Waals surface area contributed by atoms with Gasteiger partial charge in [-0.1, -0.05) is 6.92 Å². The van der Waals surface area contributed by atoms with Crippen molar-refractivity contribution in [2.45, 2.75) is 20.3 Å². The number of nitrogens with one attached hydrogen (secondary N) is 1. The van der Waals surface area contributed by atoms with Crippen molar-refractivity contribution in [3.05, 3.63) is 29.5 Å². The summed E-state index contributed by atoms with van der Waals surface area (Å²) in [5, 5.41) is 0.718. The van der Waals surface area contributed by atoms with E-state index in [2.05, 4.69) is 4.98 Å². The average Bonchev–Trinajstić information content (AvgIpc) is 2.90. The van der Waals surface area contributed by atoms with Crippen LogP contribution in [0.2, 0.25) is 0 Å². The number of aryl methyl sites for hydroxylation is 1. The third kappa shape index (κ3) is 2.77. The van der Waals surface area contributed by atoms with Gasteiger partial charge in [0.25, 0.3) is 11.7 Å². The minimum atomic E-state index is -0.496. The smallest absolute Gasteiger partial charge is 0.294 e. The Morgan fingerprint density at radius 1 is 1.33 bits per heavy atom. The molecule has 2 rings (SSSR count). The maximum absolute atomic E-state index is 12.4. The number of carbonyl (C=O) groups is 2. The Balaban J connectivity index is 2.44. The molecule has 0 saturated heterocycles. The highest BCUT2D eigenvalue weighted by Crippen LogP contribution is 2.27. The fourth-order valence-corrected chi connectivity index (χ4v) is 2.41. The van der Waals surface area contributed by atoms with Gasteiger partial charge in [-0.15, -0.1) is 0 Å². The standard InChI is InChI=1S/C16H20N2O3/c1-5-6-18(3)16(20)15(19)13-9-17-14-10(2)7-11(21-4)8-12(13)14/h7-9,17H,5-6H2,1-4H3. The number of carbonyl (C=O) groups excluding carboxylic acids is 2. The van der Waals surface area contributed by atoms with Crippen LogP contribution < -0.4 is 4.74 Å².